The number of aliphatic hydroxyl groups is 2. The van der Waals surface area contributed by atoms with E-state index < -0.39 is 24.5 Å². The van der Waals surface area contributed by atoms with Crippen LogP contribution in [-0.4, -0.2) is 64.1 Å². The fourth-order valence-electron chi connectivity index (χ4n) is 3.01. The van der Waals surface area contributed by atoms with Gasteiger partial charge in [-0.05, 0) is 23.3 Å². The van der Waals surface area contributed by atoms with Gasteiger partial charge in [0, 0.05) is 0 Å². The predicted molar refractivity (Wildman–Crippen MR) is 114 cm³/mol. The molecular weight excluding hydrogens is 398 g/mol. The van der Waals surface area contributed by atoms with Gasteiger partial charge in [-0.2, -0.15) is 0 Å². The minimum atomic E-state index is -1.08. The molecule has 1 fully saturated rings. The predicted octanol–water partition coefficient (Wildman–Crippen LogP) is 2.13. The number of rotatable bonds is 8. The van der Waals surface area contributed by atoms with Gasteiger partial charge in [0.05, 0.1) is 10.9 Å². The van der Waals surface area contributed by atoms with Gasteiger partial charge < -0.3 is 20.7 Å². The van der Waals surface area contributed by atoms with Gasteiger partial charge in [-0.3, -0.25) is 4.57 Å². The van der Waals surface area contributed by atoms with Crippen molar-refractivity contribution in [2.45, 2.75) is 56.8 Å². The molecule has 1 saturated heterocycles. The molecule has 0 aromatic carbocycles. The largest absolute Gasteiger partial charge is 0.387 e. The summed E-state index contributed by atoms with van der Waals surface area (Å²) in [6, 6.07) is 0. The third-order valence-corrected chi connectivity index (χ3v) is 8.12. The van der Waals surface area contributed by atoms with E-state index in [9.17, 15) is 10.2 Å². The molecule has 28 heavy (non-hydrogen) atoms. The van der Waals surface area contributed by atoms with Gasteiger partial charge in [0.1, 0.15) is 30.2 Å². The zero-order valence-electron chi connectivity index (χ0n) is 16.6. The monoisotopic (exact) mass is 427 g/mol. The van der Waals surface area contributed by atoms with E-state index in [2.05, 4.69) is 42.6 Å². The Hall–Kier alpha value is -1.07. The van der Waals surface area contributed by atoms with E-state index in [1.54, 1.807) is 28.1 Å². The van der Waals surface area contributed by atoms with Crippen LogP contribution in [0.3, 0.4) is 0 Å². The number of aliphatic hydroxyl groups excluding tert-OH is 2. The van der Waals surface area contributed by atoms with Crippen LogP contribution in [0, 0.1) is 11.8 Å². The molecule has 0 saturated carbocycles. The maximum Gasteiger partial charge on any atom is 0.167 e. The average Bonchev–Trinajstić information content (AvgIpc) is 3.18. The standard InChI is InChI=1S/C18H29N5O3S2/c1-9(2)5-27-18(28-6-10(3)4)14-12(24)13(25)17(26-14)23-8-22-11-15(19)20-7-21-16(11)23/h7-10,12-14,17-18,24-25H,5-6H2,1-4H3,(H2,19,20,21)/t12-,13+,14-,17+/m0/s1. The Balaban J connectivity index is 1.83. The number of ether oxygens (including phenoxy) is 1. The van der Waals surface area contributed by atoms with Crippen molar-refractivity contribution >= 4 is 40.5 Å². The SMILES string of the molecule is CC(C)CSC(SCC(C)C)[C@H]1O[C@@H](n2cnc3c(N)ncnc32)[C@H](O)[C@@H]1O. The van der Waals surface area contributed by atoms with E-state index in [1.807, 2.05) is 0 Å². The third kappa shape index (κ3) is 4.56. The van der Waals surface area contributed by atoms with E-state index in [4.69, 9.17) is 10.5 Å². The van der Waals surface area contributed by atoms with E-state index in [1.165, 1.54) is 12.7 Å². The number of fused-ring (bicyclic) bond motifs is 1. The van der Waals surface area contributed by atoms with Crippen molar-refractivity contribution in [2.24, 2.45) is 11.8 Å². The van der Waals surface area contributed by atoms with Crippen molar-refractivity contribution in [2.75, 3.05) is 17.2 Å². The highest BCUT2D eigenvalue weighted by atomic mass is 32.2. The highest BCUT2D eigenvalue weighted by Crippen LogP contribution is 2.41. The van der Waals surface area contributed by atoms with E-state index in [0.717, 1.165) is 11.5 Å². The molecule has 2 aromatic rings. The van der Waals surface area contributed by atoms with Gasteiger partial charge in [0.25, 0.3) is 0 Å². The second-order valence-electron chi connectivity index (χ2n) is 7.88. The minimum Gasteiger partial charge on any atom is -0.387 e. The highest BCUT2D eigenvalue weighted by molar-refractivity contribution is 8.17. The zero-order chi connectivity index (χ0) is 20.4. The Morgan fingerprint density at radius 3 is 2.32 bits per heavy atom. The topological polar surface area (TPSA) is 119 Å². The number of hydrogen-bond donors (Lipinski definition) is 3. The van der Waals surface area contributed by atoms with Crippen LogP contribution in [0.1, 0.15) is 33.9 Å². The first-order valence-corrected chi connectivity index (χ1v) is 11.6. The summed E-state index contributed by atoms with van der Waals surface area (Å²) in [5.74, 6) is 3.25. The van der Waals surface area contributed by atoms with Crippen molar-refractivity contribution in [1.82, 2.24) is 19.5 Å². The number of thioether (sulfide) groups is 2. The molecule has 3 heterocycles. The molecule has 8 nitrogen and oxygen atoms in total. The second kappa shape index (κ2) is 9.17. The summed E-state index contributed by atoms with van der Waals surface area (Å²) in [7, 11) is 0. The number of hydrogen-bond acceptors (Lipinski definition) is 9. The van der Waals surface area contributed by atoms with E-state index in [-0.39, 0.29) is 10.4 Å². The summed E-state index contributed by atoms with van der Waals surface area (Å²) < 4.78 is 7.83. The summed E-state index contributed by atoms with van der Waals surface area (Å²) in [6.07, 6.45) is -0.474. The quantitative estimate of drug-likeness (QED) is 0.544. The lowest BCUT2D eigenvalue weighted by Crippen LogP contribution is -2.36. The van der Waals surface area contributed by atoms with E-state index in [0.29, 0.717) is 23.0 Å². The van der Waals surface area contributed by atoms with Crippen LogP contribution in [-0.2, 0) is 4.74 Å². The molecule has 0 bridgehead atoms. The van der Waals surface area contributed by atoms with Crippen LogP contribution >= 0.6 is 23.5 Å². The molecule has 0 aliphatic carbocycles. The number of anilines is 1. The van der Waals surface area contributed by atoms with Crippen LogP contribution in [0.5, 0.6) is 0 Å². The Bertz CT molecular complexity index is 776. The number of nitrogens with zero attached hydrogens (tertiary/aromatic N) is 4. The maximum atomic E-state index is 10.8. The molecule has 1 aliphatic heterocycles. The van der Waals surface area contributed by atoms with Gasteiger partial charge in [-0.15, -0.1) is 23.5 Å². The molecule has 0 radical (unpaired) electrons. The molecule has 3 rings (SSSR count). The summed E-state index contributed by atoms with van der Waals surface area (Å²) in [4.78, 5) is 12.4. The fourth-order valence-corrected chi connectivity index (χ4v) is 5.84. The molecule has 10 heteroatoms. The van der Waals surface area contributed by atoms with Crippen molar-refractivity contribution in [1.29, 1.82) is 0 Å². The summed E-state index contributed by atoms with van der Waals surface area (Å²) in [6.45, 7) is 8.68. The lowest BCUT2D eigenvalue weighted by molar-refractivity contribution is -0.0305. The summed E-state index contributed by atoms with van der Waals surface area (Å²) in [5, 5.41) is 21.5. The van der Waals surface area contributed by atoms with Crippen LogP contribution in [0.25, 0.3) is 11.2 Å². The molecule has 156 valence electrons. The van der Waals surface area contributed by atoms with Crippen molar-refractivity contribution < 1.29 is 14.9 Å². The number of aromatic nitrogens is 4. The van der Waals surface area contributed by atoms with Crippen LogP contribution < -0.4 is 5.73 Å². The first-order chi connectivity index (χ1) is 13.3. The lowest BCUT2D eigenvalue weighted by Gasteiger charge is -2.26. The van der Waals surface area contributed by atoms with Crippen LogP contribution in [0.4, 0.5) is 5.82 Å². The molecule has 0 unspecified atom stereocenters. The Morgan fingerprint density at radius 2 is 1.71 bits per heavy atom. The number of nitrogen functional groups attached to an aromatic ring is 1. The zero-order valence-corrected chi connectivity index (χ0v) is 18.2. The maximum absolute atomic E-state index is 10.8. The molecule has 4 atom stereocenters. The smallest absolute Gasteiger partial charge is 0.167 e. The molecule has 0 amide bonds. The first-order valence-electron chi connectivity index (χ1n) is 9.47. The third-order valence-electron chi connectivity index (χ3n) is 4.39. The van der Waals surface area contributed by atoms with Crippen LogP contribution in [0.2, 0.25) is 0 Å². The first kappa shape index (κ1) is 21.6. The number of imidazole rings is 1. The Kier molecular flexibility index (Phi) is 7.08. The van der Waals surface area contributed by atoms with Crippen molar-refractivity contribution in [3.8, 4) is 0 Å². The van der Waals surface area contributed by atoms with Crippen molar-refractivity contribution in [3.05, 3.63) is 12.7 Å². The van der Waals surface area contributed by atoms with Crippen molar-refractivity contribution in [3.63, 3.8) is 0 Å². The van der Waals surface area contributed by atoms with Gasteiger partial charge in [-0.25, -0.2) is 15.0 Å². The normalized spacial score (nSPS) is 25.6. The summed E-state index contributed by atoms with van der Waals surface area (Å²) >= 11 is 3.55. The fraction of sp³-hybridized carbons (Fsp3) is 0.722. The highest BCUT2D eigenvalue weighted by Gasteiger charge is 2.48. The molecular formula is C18H29N5O3S2. The second-order valence-corrected chi connectivity index (χ2v) is 10.5. The summed E-state index contributed by atoms with van der Waals surface area (Å²) in [5.41, 5.74) is 6.79. The Labute approximate surface area is 173 Å². The molecule has 2 aromatic heterocycles. The van der Waals surface area contributed by atoms with Crippen LogP contribution in [0.15, 0.2) is 12.7 Å². The van der Waals surface area contributed by atoms with Gasteiger partial charge >= 0.3 is 0 Å². The average molecular weight is 428 g/mol. The molecule has 4 N–H and O–H groups in total. The molecule has 0 spiro atoms. The Morgan fingerprint density at radius 1 is 1.07 bits per heavy atom. The van der Waals surface area contributed by atoms with Gasteiger partial charge in [0.15, 0.2) is 17.7 Å². The molecule has 1 aliphatic rings. The van der Waals surface area contributed by atoms with Gasteiger partial charge in [-0.1, -0.05) is 27.7 Å². The lowest BCUT2D eigenvalue weighted by atomic mass is 10.1. The van der Waals surface area contributed by atoms with E-state index >= 15 is 0 Å². The van der Waals surface area contributed by atoms with Gasteiger partial charge in [0.2, 0.25) is 0 Å². The number of nitrogens with two attached hydrogens (primary N) is 1. The minimum absolute atomic E-state index is 0.0222.